The third-order valence-corrected chi connectivity index (χ3v) is 6.67. The maximum absolute atomic E-state index is 13.1. The molecule has 0 unspecified atom stereocenters. The van der Waals surface area contributed by atoms with Gasteiger partial charge in [0.2, 0.25) is 0 Å². The van der Waals surface area contributed by atoms with Crippen LogP contribution in [-0.4, -0.2) is 30.6 Å². The maximum Gasteiger partial charge on any atom is 0.294 e. The Kier molecular flexibility index (Phi) is 7.44. The molecule has 0 aliphatic heterocycles. The van der Waals surface area contributed by atoms with E-state index in [1.165, 1.54) is 19.1 Å². The number of phenols is 1. The molecule has 11 heteroatoms. The van der Waals surface area contributed by atoms with Crippen molar-refractivity contribution in [3.05, 3.63) is 82.9 Å². The number of halogens is 1. The van der Waals surface area contributed by atoms with E-state index >= 15 is 0 Å². The number of carbonyl (C=O) groups excluding carboxylic acids is 1. The lowest BCUT2D eigenvalue weighted by atomic mass is 10.0. The van der Waals surface area contributed by atoms with Crippen molar-refractivity contribution >= 4 is 55.5 Å². The SMILES string of the molecule is CCOc1cccc(NC(=O)c2cc3ccccc3c(N=Nc3cc(Cl)cc(S(=O)(=O)O)c3C)c2O)c1. The van der Waals surface area contributed by atoms with Gasteiger partial charge in [-0.2, -0.15) is 13.5 Å². The van der Waals surface area contributed by atoms with E-state index in [9.17, 15) is 22.9 Å². The summed E-state index contributed by atoms with van der Waals surface area (Å²) in [5.41, 5.74) is 0.600. The van der Waals surface area contributed by atoms with E-state index in [4.69, 9.17) is 16.3 Å². The number of aromatic hydroxyl groups is 1. The molecular weight excluding hydrogens is 518 g/mol. The number of hydrogen-bond donors (Lipinski definition) is 3. The van der Waals surface area contributed by atoms with Crippen LogP contribution in [0, 0.1) is 6.92 Å². The molecule has 0 radical (unpaired) electrons. The van der Waals surface area contributed by atoms with Crippen LogP contribution in [0.1, 0.15) is 22.8 Å². The average Bonchev–Trinajstić information content (AvgIpc) is 2.84. The summed E-state index contributed by atoms with van der Waals surface area (Å²) in [5.74, 6) is -0.421. The Morgan fingerprint density at radius 3 is 2.54 bits per heavy atom. The van der Waals surface area contributed by atoms with Gasteiger partial charge in [-0.05, 0) is 55.1 Å². The standard InChI is InChI=1S/C26H22ClN3O6S/c1-3-36-19-9-6-8-18(14-19)28-26(32)21-11-16-7-4-5-10-20(16)24(25(21)31)30-29-22-12-17(27)13-23(15(22)2)37(33,34)35/h4-14,31H,3H2,1-2H3,(H,28,32)(H,33,34,35). The number of amides is 1. The molecule has 0 spiro atoms. The molecule has 9 nitrogen and oxygen atoms in total. The second-order valence-corrected chi connectivity index (χ2v) is 9.81. The zero-order chi connectivity index (χ0) is 26.7. The first kappa shape index (κ1) is 26.1. The number of nitrogens with zero attached hydrogens (tertiary/aromatic N) is 2. The molecule has 0 fully saturated rings. The zero-order valence-electron chi connectivity index (χ0n) is 19.8. The van der Waals surface area contributed by atoms with Crippen molar-refractivity contribution in [3.8, 4) is 11.5 Å². The minimum absolute atomic E-state index is 0.000835. The molecule has 190 valence electrons. The molecule has 0 atom stereocenters. The number of carbonyl (C=O) groups is 1. The summed E-state index contributed by atoms with van der Waals surface area (Å²) in [7, 11) is -4.56. The quantitative estimate of drug-likeness (QED) is 0.174. The molecule has 0 aliphatic rings. The maximum atomic E-state index is 13.1. The van der Waals surface area contributed by atoms with Gasteiger partial charge in [-0.25, -0.2) is 0 Å². The molecule has 0 saturated heterocycles. The number of phenolic OH excluding ortho intramolecular Hbond substituents is 1. The number of fused-ring (bicyclic) bond motifs is 1. The topological polar surface area (TPSA) is 138 Å². The van der Waals surface area contributed by atoms with Gasteiger partial charge >= 0.3 is 0 Å². The summed E-state index contributed by atoms with van der Waals surface area (Å²) in [6.45, 7) is 3.75. The number of benzene rings is 4. The highest BCUT2D eigenvalue weighted by atomic mass is 35.5. The Bertz CT molecular complexity index is 1650. The van der Waals surface area contributed by atoms with Crippen LogP contribution in [0.25, 0.3) is 10.8 Å². The Morgan fingerprint density at radius 2 is 1.81 bits per heavy atom. The van der Waals surface area contributed by atoms with E-state index in [0.717, 1.165) is 6.07 Å². The molecular formula is C26H22ClN3O6S. The van der Waals surface area contributed by atoms with Gasteiger partial charge in [0.1, 0.15) is 16.3 Å². The van der Waals surface area contributed by atoms with E-state index in [-0.39, 0.29) is 27.5 Å². The monoisotopic (exact) mass is 539 g/mol. The molecule has 0 aromatic heterocycles. The van der Waals surface area contributed by atoms with Crippen molar-refractivity contribution in [2.45, 2.75) is 18.7 Å². The molecule has 0 bridgehead atoms. The number of azo groups is 1. The molecule has 0 aliphatic carbocycles. The lowest BCUT2D eigenvalue weighted by molar-refractivity contribution is 0.102. The number of rotatable bonds is 7. The highest BCUT2D eigenvalue weighted by Gasteiger charge is 2.20. The number of hydrogen-bond acceptors (Lipinski definition) is 7. The van der Waals surface area contributed by atoms with Gasteiger partial charge < -0.3 is 15.2 Å². The summed E-state index contributed by atoms with van der Waals surface area (Å²) < 4.78 is 38.4. The van der Waals surface area contributed by atoms with Crippen LogP contribution in [0.3, 0.4) is 0 Å². The molecule has 4 aromatic rings. The highest BCUT2D eigenvalue weighted by Crippen LogP contribution is 2.40. The van der Waals surface area contributed by atoms with Gasteiger partial charge in [-0.15, -0.1) is 5.11 Å². The van der Waals surface area contributed by atoms with Crippen molar-refractivity contribution in [1.82, 2.24) is 0 Å². The van der Waals surface area contributed by atoms with Crippen LogP contribution in [-0.2, 0) is 10.1 Å². The van der Waals surface area contributed by atoms with Gasteiger partial charge in [0, 0.05) is 22.2 Å². The van der Waals surface area contributed by atoms with Gasteiger partial charge in [0.05, 0.1) is 17.9 Å². The first-order valence-corrected chi connectivity index (χ1v) is 12.9. The second-order valence-electron chi connectivity index (χ2n) is 7.98. The van der Waals surface area contributed by atoms with Crippen LogP contribution in [0.15, 0.2) is 81.9 Å². The van der Waals surface area contributed by atoms with Gasteiger partial charge in [0.15, 0.2) is 5.75 Å². The lowest BCUT2D eigenvalue weighted by Gasteiger charge is -2.12. The summed E-state index contributed by atoms with van der Waals surface area (Å²) >= 11 is 6.02. The Hall–Kier alpha value is -3.99. The summed E-state index contributed by atoms with van der Waals surface area (Å²) in [4.78, 5) is 12.7. The zero-order valence-corrected chi connectivity index (χ0v) is 21.3. The largest absolute Gasteiger partial charge is 0.505 e. The Balaban J connectivity index is 1.79. The van der Waals surface area contributed by atoms with Crippen molar-refractivity contribution in [1.29, 1.82) is 0 Å². The van der Waals surface area contributed by atoms with E-state index < -0.39 is 26.7 Å². The highest BCUT2D eigenvalue weighted by molar-refractivity contribution is 7.85. The summed E-state index contributed by atoms with van der Waals surface area (Å²) in [6, 6.07) is 17.8. The van der Waals surface area contributed by atoms with Crippen LogP contribution in [0.2, 0.25) is 5.02 Å². The number of ether oxygens (including phenoxy) is 1. The molecule has 4 rings (SSSR count). The Morgan fingerprint density at radius 1 is 1.05 bits per heavy atom. The summed E-state index contributed by atoms with van der Waals surface area (Å²) in [5, 5.41) is 23.2. The minimum Gasteiger partial charge on any atom is -0.505 e. The van der Waals surface area contributed by atoms with Gasteiger partial charge in [0.25, 0.3) is 16.0 Å². The Labute approximate surface area is 218 Å². The van der Waals surface area contributed by atoms with E-state index in [1.807, 2.05) is 6.92 Å². The first-order valence-electron chi connectivity index (χ1n) is 11.1. The van der Waals surface area contributed by atoms with Crippen LogP contribution in [0.4, 0.5) is 17.1 Å². The van der Waals surface area contributed by atoms with Crippen molar-refractivity contribution in [2.75, 3.05) is 11.9 Å². The van der Waals surface area contributed by atoms with Gasteiger partial charge in [-0.1, -0.05) is 41.9 Å². The third kappa shape index (κ3) is 5.72. The predicted octanol–water partition coefficient (Wildman–Crippen LogP) is 6.82. The molecule has 4 aromatic carbocycles. The van der Waals surface area contributed by atoms with E-state index in [0.29, 0.717) is 28.8 Å². The normalized spacial score (nSPS) is 11.7. The second kappa shape index (κ2) is 10.6. The third-order valence-electron chi connectivity index (χ3n) is 5.48. The fourth-order valence-corrected chi connectivity index (χ4v) is 4.78. The van der Waals surface area contributed by atoms with Crippen molar-refractivity contribution in [2.24, 2.45) is 10.2 Å². The minimum atomic E-state index is -4.56. The fraction of sp³-hybridized carbons (Fsp3) is 0.115. The smallest absolute Gasteiger partial charge is 0.294 e. The first-order chi connectivity index (χ1) is 17.6. The number of nitrogens with one attached hydrogen (secondary N) is 1. The van der Waals surface area contributed by atoms with Gasteiger partial charge in [-0.3, -0.25) is 9.35 Å². The lowest BCUT2D eigenvalue weighted by Crippen LogP contribution is -2.12. The average molecular weight is 540 g/mol. The molecule has 0 heterocycles. The summed E-state index contributed by atoms with van der Waals surface area (Å²) in [6.07, 6.45) is 0. The number of anilines is 1. The van der Waals surface area contributed by atoms with Crippen LogP contribution < -0.4 is 10.1 Å². The van der Waals surface area contributed by atoms with Crippen molar-refractivity contribution in [3.63, 3.8) is 0 Å². The van der Waals surface area contributed by atoms with E-state index in [1.54, 1.807) is 48.5 Å². The van der Waals surface area contributed by atoms with E-state index in [2.05, 4.69) is 15.5 Å². The molecule has 0 saturated carbocycles. The molecule has 3 N–H and O–H groups in total. The predicted molar refractivity (Wildman–Crippen MR) is 141 cm³/mol. The fourth-order valence-electron chi connectivity index (χ4n) is 3.74. The molecule has 1 amide bonds. The van der Waals surface area contributed by atoms with Crippen LogP contribution >= 0.6 is 11.6 Å². The van der Waals surface area contributed by atoms with Crippen LogP contribution in [0.5, 0.6) is 11.5 Å². The molecule has 37 heavy (non-hydrogen) atoms. The van der Waals surface area contributed by atoms with Crippen molar-refractivity contribution < 1.29 is 27.6 Å².